The summed E-state index contributed by atoms with van der Waals surface area (Å²) in [6, 6.07) is 9.72. The van der Waals surface area contributed by atoms with Gasteiger partial charge in [0.25, 0.3) is 0 Å². The van der Waals surface area contributed by atoms with Crippen molar-refractivity contribution in [2.45, 2.75) is 24.6 Å². The lowest BCUT2D eigenvalue weighted by molar-refractivity contribution is -0.131. The number of carbonyl (C=O) groups excluding carboxylic acids is 1. The molecule has 2 aliphatic heterocycles. The summed E-state index contributed by atoms with van der Waals surface area (Å²) < 4.78 is 19.3. The first-order valence-corrected chi connectivity index (χ1v) is 13.0. The van der Waals surface area contributed by atoms with E-state index in [1.54, 1.807) is 31.5 Å². The van der Waals surface area contributed by atoms with Gasteiger partial charge in [-0.25, -0.2) is 4.39 Å². The Morgan fingerprint density at radius 1 is 1.22 bits per heavy atom. The minimum atomic E-state index is -1.13. The monoisotopic (exact) mass is 512 g/mol. The van der Waals surface area contributed by atoms with Crippen LogP contribution in [0.5, 0.6) is 11.5 Å². The maximum Gasteiger partial charge on any atom is 0.223 e. The molecule has 1 fully saturated rings. The molecule has 10 heteroatoms. The van der Waals surface area contributed by atoms with Gasteiger partial charge in [-0.2, -0.15) is 0 Å². The van der Waals surface area contributed by atoms with Crippen molar-refractivity contribution < 1.29 is 24.1 Å². The smallest absolute Gasteiger partial charge is 0.223 e. The molecule has 190 valence electrons. The standard InChI is InChI=1S/C26H29FN4O4S/c1-35-24-18-3-2-9-29-22(18)23(33)20-21(24)26(36-14-8-19(32)30-12-10-28-11-13-30)31(25(20)34)15-16-4-6-17(27)7-5-16/h2-7,9,25-26,28,33-34H,8,10-15H2,1H3/t25?,26-/m0/s1. The summed E-state index contributed by atoms with van der Waals surface area (Å²) in [6.45, 7) is 3.30. The number of piperazine rings is 1. The highest BCUT2D eigenvalue weighted by atomic mass is 32.2. The van der Waals surface area contributed by atoms with E-state index in [4.69, 9.17) is 4.74 Å². The fourth-order valence-electron chi connectivity index (χ4n) is 4.97. The number of ether oxygens (including phenoxy) is 1. The van der Waals surface area contributed by atoms with Crippen molar-refractivity contribution in [2.24, 2.45) is 0 Å². The maximum absolute atomic E-state index is 13.5. The normalized spacial score (nSPS) is 20.0. The summed E-state index contributed by atoms with van der Waals surface area (Å²) in [7, 11) is 1.56. The number of halogens is 1. The number of fused-ring (bicyclic) bond motifs is 2. The molecule has 0 saturated carbocycles. The topological polar surface area (TPSA) is 98.2 Å². The Labute approximate surface area is 213 Å². The average molecular weight is 513 g/mol. The third-order valence-corrected chi connectivity index (χ3v) is 7.99. The Balaban J connectivity index is 1.48. The van der Waals surface area contributed by atoms with Gasteiger partial charge >= 0.3 is 0 Å². The van der Waals surface area contributed by atoms with Crippen LogP contribution in [0.4, 0.5) is 4.39 Å². The molecule has 0 aliphatic carbocycles. The number of aromatic hydroxyl groups is 1. The molecule has 8 nitrogen and oxygen atoms in total. The number of aromatic nitrogens is 1. The lowest BCUT2D eigenvalue weighted by Gasteiger charge is -2.29. The van der Waals surface area contributed by atoms with Crippen LogP contribution in [0.1, 0.15) is 34.7 Å². The van der Waals surface area contributed by atoms with Crippen LogP contribution in [0, 0.1) is 5.82 Å². The van der Waals surface area contributed by atoms with Crippen molar-refractivity contribution in [3.05, 3.63) is 65.1 Å². The van der Waals surface area contributed by atoms with Crippen LogP contribution in [-0.2, 0) is 11.3 Å². The van der Waals surface area contributed by atoms with E-state index in [2.05, 4.69) is 10.3 Å². The third-order valence-electron chi connectivity index (χ3n) is 6.73. The molecular weight excluding hydrogens is 483 g/mol. The number of methoxy groups -OCH3 is 1. The van der Waals surface area contributed by atoms with E-state index in [-0.39, 0.29) is 17.5 Å². The van der Waals surface area contributed by atoms with Gasteiger partial charge in [0.15, 0.2) is 0 Å². The number of nitrogens with zero attached hydrogens (tertiary/aromatic N) is 3. The van der Waals surface area contributed by atoms with Crippen molar-refractivity contribution in [2.75, 3.05) is 39.0 Å². The second kappa shape index (κ2) is 10.6. The summed E-state index contributed by atoms with van der Waals surface area (Å²) in [5, 5.41) is 26.1. The minimum Gasteiger partial charge on any atom is -0.505 e. The summed E-state index contributed by atoms with van der Waals surface area (Å²) >= 11 is 1.52. The molecule has 36 heavy (non-hydrogen) atoms. The van der Waals surface area contributed by atoms with Crippen LogP contribution in [0.3, 0.4) is 0 Å². The van der Waals surface area contributed by atoms with Crippen molar-refractivity contribution >= 4 is 28.6 Å². The van der Waals surface area contributed by atoms with Gasteiger partial charge < -0.3 is 25.2 Å². The first-order valence-electron chi connectivity index (χ1n) is 12.0. The number of benzene rings is 2. The van der Waals surface area contributed by atoms with E-state index < -0.39 is 11.6 Å². The lowest BCUT2D eigenvalue weighted by atomic mass is 10.0. The fraction of sp³-hybridized carbons (Fsp3) is 0.385. The van der Waals surface area contributed by atoms with E-state index in [1.807, 2.05) is 15.9 Å². The summed E-state index contributed by atoms with van der Waals surface area (Å²) in [4.78, 5) is 20.8. The van der Waals surface area contributed by atoms with Crippen molar-refractivity contribution in [1.29, 1.82) is 0 Å². The average Bonchev–Trinajstić information content (AvgIpc) is 3.17. The SMILES string of the molecule is COc1c2c(c(O)c3ncccc13)C(O)N(Cc1ccc(F)cc1)[C@H]2SCCC(=O)N1CCNCC1. The van der Waals surface area contributed by atoms with E-state index in [9.17, 15) is 19.4 Å². The number of hydrogen-bond donors (Lipinski definition) is 3. The zero-order chi connectivity index (χ0) is 25.2. The predicted octanol–water partition coefficient (Wildman–Crippen LogP) is 3.15. The van der Waals surface area contributed by atoms with E-state index >= 15 is 0 Å². The number of rotatable bonds is 7. The molecule has 1 amide bonds. The minimum absolute atomic E-state index is 0.0852. The Bertz CT molecular complexity index is 1250. The van der Waals surface area contributed by atoms with E-state index in [0.717, 1.165) is 18.7 Å². The molecule has 3 N–H and O–H groups in total. The quantitative estimate of drug-likeness (QED) is 0.444. The fourth-order valence-corrected chi connectivity index (χ4v) is 6.26. The molecule has 3 aromatic rings. The van der Waals surface area contributed by atoms with Gasteiger partial charge in [0, 0.05) is 67.6 Å². The van der Waals surface area contributed by atoms with Gasteiger partial charge in [-0.15, -0.1) is 11.8 Å². The van der Waals surface area contributed by atoms with Crippen LogP contribution in [0.15, 0.2) is 42.6 Å². The van der Waals surface area contributed by atoms with E-state index in [0.29, 0.717) is 59.6 Å². The molecule has 0 spiro atoms. The van der Waals surface area contributed by atoms with Crippen LogP contribution in [0.25, 0.3) is 10.9 Å². The van der Waals surface area contributed by atoms with Gasteiger partial charge in [-0.05, 0) is 29.8 Å². The van der Waals surface area contributed by atoms with Gasteiger partial charge in [-0.3, -0.25) is 14.7 Å². The number of nitrogens with one attached hydrogen (secondary N) is 1. The Kier molecular flexibility index (Phi) is 7.29. The van der Waals surface area contributed by atoms with Crippen LogP contribution >= 0.6 is 11.8 Å². The number of thioether (sulfide) groups is 1. The molecule has 0 radical (unpaired) electrons. The largest absolute Gasteiger partial charge is 0.505 e. The van der Waals surface area contributed by atoms with Crippen molar-refractivity contribution in [3.63, 3.8) is 0 Å². The second-order valence-corrected chi connectivity index (χ2v) is 10.1. The number of aliphatic hydroxyl groups is 1. The molecule has 2 aliphatic rings. The van der Waals surface area contributed by atoms with Crippen molar-refractivity contribution in [1.82, 2.24) is 20.1 Å². The third kappa shape index (κ3) is 4.61. The summed E-state index contributed by atoms with van der Waals surface area (Å²) in [5.41, 5.74) is 2.19. The first kappa shape index (κ1) is 24.8. The Hall–Kier alpha value is -2.92. The van der Waals surface area contributed by atoms with E-state index in [1.165, 1.54) is 23.9 Å². The highest BCUT2D eigenvalue weighted by molar-refractivity contribution is 7.99. The van der Waals surface area contributed by atoms with Gasteiger partial charge in [0.05, 0.1) is 12.5 Å². The zero-order valence-electron chi connectivity index (χ0n) is 20.0. The number of amides is 1. The summed E-state index contributed by atoms with van der Waals surface area (Å²) in [5.74, 6) is 0.743. The zero-order valence-corrected chi connectivity index (χ0v) is 20.8. The number of aliphatic hydroxyl groups excluding tert-OH is 1. The molecule has 1 saturated heterocycles. The number of hydrogen-bond acceptors (Lipinski definition) is 8. The van der Waals surface area contributed by atoms with Gasteiger partial charge in [-0.1, -0.05) is 12.1 Å². The molecule has 5 rings (SSSR count). The van der Waals surface area contributed by atoms with Crippen LogP contribution in [0.2, 0.25) is 0 Å². The molecular formula is C26H29FN4O4S. The predicted molar refractivity (Wildman–Crippen MR) is 136 cm³/mol. The first-order chi connectivity index (χ1) is 17.5. The highest BCUT2D eigenvalue weighted by Gasteiger charge is 2.43. The lowest BCUT2D eigenvalue weighted by Crippen LogP contribution is -2.46. The number of phenols is 1. The van der Waals surface area contributed by atoms with Crippen LogP contribution < -0.4 is 10.1 Å². The highest BCUT2D eigenvalue weighted by Crippen LogP contribution is 2.56. The number of pyridine rings is 1. The number of phenolic OH excluding ortho intramolecular Hbond substituents is 1. The molecule has 2 atom stereocenters. The van der Waals surface area contributed by atoms with Crippen LogP contribution in [-0.4, -0.2) is 69.9 Å². The number of carbonyl (C=O) groups is 1. The molecule has 0 bridgehead atoms. The molecule has 1 unspecified atom stereocenters. The molecule has 1 aromatic heterocycles. The molecule has 2 aromatic carbocycles. The van der Waals surface area contributed by atoms with Crippen molar-refractivity contribution in [3.8, 4) is 11.5 Å². The van der Waals surface area contributed by atoms with Gasteiger partial charge in [0.2, 0.25) is 5.91 Å². The summed E-state index contributed by atoms with van der Waals surface area (Å²) in [6.07, 6.45) is 0.812. The second-order valence-electron chi connectivity index (χ2n) is 8.89. The van der Waals surface area contributed by atoms with Gasteiger partial charge in [0.1, 0.15) is 29.1 Å². The Morgan fingerprint density at radius 3 is 2.69 bits per heavy atom. The maximum atomic E-state index is 13.5. The molecule has 3 heterocycles. The Morgan fingerprint density at radius 2 is 1.97 bits per heavy atom.